The minimum absolute atomic E-state index is 0.187. The Morgan fingerprint density at radius 1 is 0.846 bits per heavy atom. The van der Waals surface area contributed by atoms with Gasteiger partial charge in [-0.05, 0) is 70.9 Å². The molecule has 6 rings (SSSR count). The molecule has 2 aromatic carbocycles. The van der Waals surface area contributed by atoms with E-state index in [4.69, 9.17) is 34.1 Å². The van der Waals surface area contributed by atoms with E-state index in [0.29, 0.717) is 54.1 Å². The van der Waals surface area contributed by atoms with Crippen molar-refractivity contribution in [2.75, 3.05) is 26.3 Å². The quantitative estimate of drug-likeness (QED) is 0.166. The van der Waals surface area contributed by atoms with Crippen LogP contribution in [0.25, 0.3) is 4.85 Å². The molecule has 2 fully saturated rings. The van der Waals surface area contributed by atoms with Gasteiger partial charge in [0.2, 0.25) is 11.8 Å². The largest absolute Gasteiger partial charge is 0.485 e. The molecule has 2 N–H and O–H groups in total. The number of ether oxygens (including phenoxy) is 2. The number of amides is 2. The Labute approximate surface area is 301 Å². The van der Waals surface area contributed by atoms with Gasteiger partial charge in [0.25, 0.3) is 0 Å². The van der Waals surface area contributed by atoms with E-state index >= 15 is 0 Å². The van der Waals surface area contributed by atoms with Gasteiger partial charge in [0.1, 0.15) is 34.9 Å². The lowest BCUT2D eigenvalue weighted by Gasteiger charge is -2.47. The van der Waals surface area contributed by atoms with E-state index < -0.39 is 64.4 Å². The Kier molecular flexibility index (Phi) is 10.4. The minimum Gasteiger partial charge on any atom is -0.485 e. The number of carbonyl (C=O) groups excluding carboxylic acids is 2. The zero-order valence-corrected chi connectivity index (χ0v) is 30.9. The number of nitrogens with zero attached hydrogens (tertiary/aromatic N) is 4. The highest BCUT2D eigenvalue weighted by Crippen LogP contribution is 2.56. The van der Waals surface area contributed by atoms with Gasteiger partial charge in [0.15, 0.2) is 5.69 Å². The van der Waals surface area contributed by atoms with Gasteiger partial charge in [-0.15, -0.1) is 0 Å². The van der Waals surface area contributed by atoms with Gasteiger partial charge in [-0.1, -0.05) is 6.07 Å². The fourth-order valence-corrected chi connectivity index (χ4v) is 9.30. The molecule has 0 saturated carbocycles. The van der Waals surface area contributed by atoms with Crippen molar-refractivity contribution in [3.63, 3.8) is 0 Å². The molecule has 2 unspecified atom stereocenters. The minimum atomic E-state index is -4.95. The summed E-state index contributed by atoms with van der Waals surface area (Å²) in [7, 11) is -9.89. The number of benzene rings is 2. The number of hydrogen-bond acceptors (Lipinski definition) is 11. The van der Waals surface area contributed by atoms with Crippen molar-refractivity contribution in [2.45, 2.75) is 88.9 Å². The van der Waals surface area contributed by atoms with Crippen LogP contribution in [-0.4, -0.2) is 81.1 Å². The Bertz CT molecular complexity index is 1800. The topological polar surface area (TPSA) is 199 Å². The van der Waals surface area contributed by atoms with E-state index in [1.165, 1.54) is 4.90 Å². The molecule has 278 valence electrons. The van der Waals surface area contributed by atoms with Gasteiger partial charge in [-0.2, -0.15) is 5.26 Å². The molecule has 4 aliphatic heterocycles. The third kappa shape index (κ3) is 7.63. The maximum absolute atomic E-state index is 13.4. The zero-order chi connectivity index (χ0) is 37.6. The van der Waals surface area contributed by atoms with Gasteiger partial charge in [-0.25, -0.2) is 14.0 Å². The molecule has 2 amide bonds. The molecule has 0 aliphatic carbocycles. The summed E-state index contributed by atoms with van der Waals surface area (Å²) >= 11 is 0. The van der Waals surface area contributed by atoms with Crippen LogP contribution >= 0.6 is 15.6 Å². The Morgan fingerprint density at radius 2 is 1.31 bits per heavy atom. The summed E-state index contributed by atoms with van der Waals surface area (Å²) in [6.07, 6.45) is -0.761. The summed E-state index contributed by atoms with van der Waals surface area (Å²) < 4.78 is 60.8. The van der Waals surface area contributed by atoms with Gasteiger partial charge < -0.3 is 29.1 Å². The van der Waals surface area contributed by atoms with E-state index in [0.717, 1.165) is 0 Å². The highest BCUT2D eigenvalue weighted by Gasteiger charge is 2.53. The van der Waals surface area contributed by atoms with Crippen LogP contribution in [0.1, 0.15) is 82.2 Å². The van der Waals surface area contributed by atoms with Crippen LogP contribution in [0.3, 0.4) is 0 Å². The van der Waals surface area contributed by atoms with Crippen LogP contribution in [-0.2, 0) is 36.8 Å². The number of rotatable bonds is 11. The number of nitriles is 1. The number of likely N-dealkylation sites (tertiary alicyclic amines) is 2. The van der Waals surface area contributed by atoms with E-state index in [2.05, 4.69) is 10.9 Å². The summed E-state index contributed by atoms with van der Waals surface area (Å²) in [5.74, 6) is 0.420. The van der Waals surface area contributed by atoms with Crippen molar-refractivity contribution in [3.8, 4) is 17.6 Å². The maximum atomic E-state index is 13.4. The summed E-state index contributed by atoms with van der Waals surface area (Å²) in [6, 6.07) is 9.77. The van der Waals surface area contributed by atoms with E-state index in [1.54, 1.807) is 69.0 Å². The normalized spacial score (nSPS) is 26.9. The lowest BCUT2D eigenvalue weighted by molar-refractivity contribution is -0.140. The molecule has 4 aliphatic rings. The summed E-state index contributed by atoms with van der Waals surface area (Å²) in [6.45, 7) is 13.3. The van der Waals surface area contributed by atoms with Crippen LogP contribution in [0.5, 0.6) is 11.5 Å². The Hall–Kier alpha value is -3.82. The van der Waals surface area contributed by atoms with Crippen LogP contribution in [0.2, 0.25) is 0 Å². The van der Waals surface area contributed by atoms with Crippen LogP contribution < -0.4 is 9.47 Å². The second kappa shape index (κ2) is 14.2. The number of phosphoric acid groups is 2. The molecule has 0 radical (unpaired) electrons. The van der Waals surface area contributed by atoms with Crippen molar-refractivity contribution in [2.24, 2.45) is 0 Å². The maximum Gasteiger partial charge on any atom is 0.472 e. The smallest absolute Gasteiger partial charge is 0.472 e. The fraction of sp³-hybridized carbons (Fsp3) is 0.529. The number of phosphoric ester groups is 2. The van der Waals surface area contributed by atoms with E-state index in [9.17, 15) is 33.8 Å². The molecular weight excluding hydrogens is 718 g/mol. The molecule has 0 aromatic heterocycles. The van der Waals surface area contributed by atoms with Crippen molar-refractivity contribution >= 4 is 33.1 Å². The molecule has 2 saturated heterocycles. The highest BCUT2D eigenvalue weighted by atomic mass is 31.2. The summed E-state index contributed by atoms with van der Waals surface area (Å²) in [5, 5.41) is 9.53. The number of carbonyl (C=O) groups is 2. The van der Waals surface area contributed by atoms with Gasteiger partial charge in [0.05, 0.1) is 43.5 Å². The van der Waals surface area contributed by atoms with Crippen molar-refractivity contribution in [1.82, 2.24) is 9.80 Å². The van der Waals surface area contributed by atoms with Gasteiger partial charge >= 0.3 is 15.6 Å². The highest BCUT2D eigenvalue weighted by molar-refractivity contribution is 7.47. The summed E-state index contributed by atoms with van der Waals surface area (Å²) in [4.78, 5) is 54.1. The Morgan fingerprint density at radius 3 is 1.73 bits per heavy atom. The lowest BCUT2D eigenvalue weighted by Crippen LogP contribution is -2.54. The number of hydrogen-bond donors (Lipinski definition) is 2. The molecule has 4 heterocycles. The molecule has 18 heteroatoms. The second-order valence-corrected chi connectivity index (χ2v) is 16.8. The first-order valence-corrected chi connectivity index (χ1v) is 19.8. The summed E-state index contributed by atoms with van der Waals surface area (Å²) in [5.41, 5.74) is -1.03. The van der Waals surface area contributed by atoms with Gasteiger partial charge in [0, 0.05) is 37.1 Å². The molecule has 6 atom stereocenters. The molecule has 0 spiro atoms. The molecule has 16 nitrogen and oxygen atoms in total. The monoisotopic (exact) mass is 758 g/mol. The zero-order valence-electron chi connectivity index (χ0n) is 29.1. The molecule has 52 heavy (non-hydrogen) atoms. The third-order valence-electron chi connectivity index (χ3n) is 9.57. The SMILES string of the molecule is [C-]#[N+]c1ccc2c(c1)[C@@H](N1CCCC1=O)[C@H](OP(=O)(O)OCCOP(=O)(O)O[C@H]1[C@H](N3CCCC3=O)c3cc(C#N)ccc3OC1(C)C)C(C)(C)O2. The predicted octanol–water partition coefficient (Wildman–Crippen LogP) is 5.48. The van der Waals surface area contributed by atoms with Crippen LogP contribution in [0.4, 0.5) is 5.69 Å². The Balaban J connectivity index is 1.15. The first-order chi connectivity index (χ1) is 24.4. The molecule has 0 bridgehead atoms. The standard InChI is InChI=1S/C34H40N4O12P2/c1-33(2)31(29(37-14-6-8-27(37)39)23-18-21(20-35)10-12-25(23)47-33)49-51(41,42)45-16-17-46-52(43,44)50-32-30(38-15-7-9-28(38)40)24-19-22(36-5)11-13-26(24)48-34(32,3)4/h10-13,18-19,29-32H,6-9,14-17H2,1-4H3,(H,41,42)(H,43,44)/t29-,30-,31+,32+/m1/s1. The third-order valence-corrected chi connectivity index (χ3v) is 11.6. The van der Waals surface area contributed by atoms with Crippen LogP contribution in [0.15, 0.2) is 36.4 Å². The fourth-order valence-electron chi connectivity index (χ4n) is 7.25. The van der Waals surface area contributed by atoms with E-state index in [-0.39, 0.29) is 30.3 Å². The van der Waals surface area contributed by atoms with Crippen molar-refractivity contribution < 1.29 is 56.1 Å². The van der Waals surface area contributed by atoms with Crippen LogP contribution in [0, 0.1) is 17.9 Å². The first-order valence-electron chi connectivity index (χ1n) is 16.8. The number of fused-ring (bicyclic) bond motifs is 2. The second-order valence-electron chi connectivity index (χ2n) is 14.0. The average Bonchev–Trinajstić information content (AvgIpc) is 3.70. The first kappa shape index (κ1) is 37.9. The predicted molar refractivity (Wildman–Crippen MR) is 182 cm³/mol. The molecule has 2 aromatic rings. The lowest BCUT2D eigenvalue weighted by atomic mass is 9.85. The van der Waals surface area contributed by atoms with Gasteiger partial charge in [-0.3, -0.25) is 27.7 Å². The van der Waals surface area contributed by atoms with Crippen molar-refractivity contribution in [1.29, 1.82) is 5.26 Å². The molecular formula is C34H40N4O12P2. The van der Waals surface area contributed by atoms with E-state index in [1.807, 2.05) is 0 Å². The average molecular weight is 759 g/mol. The van der Waals surface area contributed by atoms with Crippen molar-refractivity contribution in [3.05, 3.63) is 64.5 Å².